The monoisotopic (exact) mass is 376 g/mol. The summed E-state index contributed by atoms with van der Waals surface area (Å²) in [6.07, 6.45) is 0. The second kappa shape index (κ2) is 7.96. The molecule has 0 aliphatic carbocycles. The predicted molar refractivity (Wildman–Crippen MR) is 105 cm³/mol. The lowest BCUT2D eigenvalue weighted by Crippen LogP contribution is -2.12. The molecule has 5 heteroatoms. The van der Waals surface area contributed by atoms with Crippen LogP contribution < -0.4 is 9.47 Å². The van der Waals surface area contributed by atoms with Crippen LogP contribution in [0.15, 0.2) is 60.7 Å². The van der Waals surface area contributed by atoms with Gasteiger partial charge in [-0.3, -0.25) is 0 Å². The van der Waals surface area contributed by atoms with Gasteiger partial charge in [-0.15, -0.1) is 0 Å². The van der Waals surface area contributed by atoms with Crippen molar-refractivity contribution in [2.45, 2.75) is 20.8 Å². The fraction of sp³-hybridized carbons (Fsp3) is 0.130. The summed E-state index contributed by atoms with van der Waals surface area (Å²) in [6.45, 7) is 5.53. The Bertz CT molecular complexity index is 934. The number of aromatic hydroxyl groups is 1. The molecule has 5 nitrogen and oxygen atoms in total. The SMILES string of the molecule is Cc1ccc(C(=O)Oc2ccc(OC(=O)c3ccc(O)cc3)c(C)c2C)cc1. The topological polar surface area (TPSA) is 72.8 Å². The number of ether oxygens (including phenoxy) is 2. The average Bonchev–Trinajstić information content (AvgIpc) is 2.68. The highest BCUT2D eigenvalue weighted by Gasteiger charge is 2.16. The first-order valence-corrected chi connectivity index (χ1v) is 8.75. The second-order valence-electron chi connectivity index (χ2n) is 6.50. The van der Waals surface area contributed by atoms with Crippen LogP contribution >= 0.6 is 0 Å². The molecule has 0 fully saturated rings. The Morgan fingerprint density at radius 1 is 0.643 bits per heavy atom. The molecule has 0 aliphatic rings. The zero-order valence-corrected chi connectivity index (χ0v) is 15.9. The van der Waals surface area contributed by atoms with Crippen LogP contribution in [-0.4, -0.2) is 17.0 Å². The van der Waals surface area contributed by atoms with Crippen molar-refractivity contribution in [2.24, 2.45) is 0 Å². The number of hydrogen-bond acceptors (Lipinski definition) is 5. The number of rotatable bonds is 4. The fourth-order valence-corrected chi connectivity index (χ4v) is 2.60. The Balaban J connectivity index is 1.77. The molecule has 0 aromatic heterocycles. The quantitative estimate of drug-likeness (QED) is 0.525. The molecule has 0 saturated heterocycles. The molecule has 0 radical (unpaired) electrons. The van der Waals surface area contributed by atoms with E-state index in [1.165, 1.54) is 24.3 Å². The number of benzene rings is 3. The van der Waals surface area contributed by atoms with Crippen molar-refractivity contribution < 1.29 is 24.2 Å². The Morgan fingerprint density at radius 3 is 1.46 bits per heavy atom. The Morgan fingerprint density at radius 2 is 1.04 bits per heavy atom. The number of hydrogen-bond donors (Lipinski definition) is 1. The van der Waals surface area contributed by atoms with E-state index in [2.05, 4.69) is 0 Å². The first kappa shape index (κ1) is 19.2. The summed E-state index contributed by atoms with van der Waals surface area (Å²) in [4.78, 5) is 24.6. The normalized spacial score (nSPS) is 10.4. The highest BCUT2D eigenvalue weighted by molar-refractivity contribution is 5.92. The van der Waals surface area contributed by atoms with Gasteiger partial charge in [0.15, 0.2) is 0 Å². The first-order valence-electron chi connectivity index (χ1n) is 8.75. The number of carbonyl (C=O) groups excluding carboxylic acids is 2. The molecule has 3 aromatic rings. The zero-order chi connectivity index (χ0) is 20.3. The van der Waals surface area contributed by atoms with Gasteiger partial charge in [0.1, 0.15) is 17.2 Å². The molecule has 0 unspecified atom stereocenters. The molecule has 0 saturated carbocycles. The van der Waals surface area contributed by atoms with E-state index in [1.54, 1.807) is 38.1 Å². The van der Waals surface area contributed by atoms with Crippen molar-refractivity contribution in [1.29, 1.82) is 0 Å². The lowest BCUT2D eigenvalue weighted by molar-refractivity contribution is 0.0717. The molecule has 0 bridgehead atoms. The maximum Gasteiger partial charge on any atom is 0.343 e. The molecule has 3 rings (SSSR count). The number of phenolic OH excluding ortho intramolecular Hbond substituents is 1. The molecule has 0 aliphatic heterocycles. The van der Waals surface area contributed by atoms with E-state index in [-0.39, 0.29) is 5.75 Å². The summed E-state index contributed by atoms with van der Waals surface area (Å²) in [5.41, 5.74) is 3.25. The molecule has 0 heterocycles. The third kappa shape index (κ3) is 4.20. The van der Waals surface area contributed by atoms with Gasteiger partial charge < -0.3 is 14.6 Å². The average molecular weight is 376 g/mol. The van der Waals surface area contributed by atoms with Crippen molar-refractivity contribution in [3.05, 3.63) is 88.5 Å². The van der Waals surface area contributed by atoms with Crippen LogP contribution in [0.2, 0.25) is 0 Å². The van der Waals surface area contributed by atoms with Gasteiger partial charge in [-0.2, -0.15) is 0 Å². The third-order valence-corrected chi connectivity index (χ3v) is 4.48. The van der Waals surface area contributed by atoms with Crippen LogP contribution in [0.5, 0.6) is 17.2 Å². The first-order chi connectivity index (χ1) is 13.3. The van der Waals surface area contributed by atoms with E-state index >= 15 is 0 Å². The molecular formula is C23H20O5. The van der Waals surface area contributed by atoms with Crippen LogP contribution in [0.4, 0.5) is 0 Å². The molecule has 0 spiro atoms. The van der Waals surface area contributed by atoms with Crippen LogP contribution in [-0.2, 0) is 0 Å². The number of esters is 2. The standard InChI is InChI=1S/C23H20O5/c1-14-4-6-17(7-5-14)22(25)27-20-12-13-21(16(3)15(20)2)28-23(26)18-8-10-19(24)11-9-18/h4-13,24H,1-3H3. The van der Waals surface area contributed by atoms with E-state index in [4.69, 9.17) is 9.47 Å². The van der Waals surface area contributed by atoms with Crippen LogP contribution in [0.3, 0.4) is 0 Å². The molecular weight excluding hydrogens is 356 g/mol. The number of carbonyl (C=O) groups is 2. The summed E-state index contributed by atoms with van der Waals surface area (Å²) in [5, 5.41) is 9.31. The van der Waals surface area contributed by atoms with E-state index < -0.39 is 11.9 Å². The summed E-state index contributed by atoms with van der Waals surface area (Å²) in [5.74, 6) is -0.121. The third-order valence-electron chi connectivity index (χ3n) is 4.48. The fourth-order valence-electron chi connectivity index (χ4n) is 2.60. The number of aryl methyl sites for hydroxylation is 1. The minimum atomic E-state index is -0.535. The van der Waals surface area contributed by atoms with Crippen molar-refractivity contribution in [2.75, 3.05) is 0 Å². The maximum absolute atomic E-state index is 12.3. The summed E-state index contributed by atoms with van der Waals surface area (Å²) < 4.78 is 11.0. The van der Waals surface area contributed by atoms with Gasteiger partial charge in [-0.25, -0.2) is 9.59 Å². The maximum atomic E-state index is 12.3. The van der Waals surface area contributed by atoms with Crippen LogP contribution in [0.25, 0.3) is 0 Å². The van der Waals surface area contributed by atoms with E-state index in [0.29, 0.717) is 33.8 Å². The molecule has 28 heavy (non-hydrogen) atoms. The summed E-state index contributed by atoms with van der Waals surface area (Å²) in [7, 11) is 0. The lowest BCUT2D eigenvalue weighted by atomic mass is 10.1. The van der Waals surface area contributed by atoms with Crippen molar-refractivity contribution in [1.82, 2.24) is 0 Å². The van der Waals surface area contributed by atoms with Crippen molar-refractivity contribution >= 4 is 11.9 Å². The van der Waals surface area contributed by atoms with E-state index in [9.17, 15) is 14.7 Å². The minimum Gasteiger partial charge on any atom is -0.508 e. The van der Waals surface area contributed by atoms with Gasteiger partial charge in [0, 0.05) is 0 Å². The van der Waals surface area contributed by atoms with Gasteiger partial charge >= 0.3 is 11.9 Å². The Hall–Kier alpha value is -3.60. The van der Waals surface area contributed by atoms with Gasteiger partial charge in [0.05, 0.1) is 11.1 Å². The Labute approximate surface area is 163 Å². The van der Waals surface area contributed by atoms with Crippen LogP contribution in [0, 0.1) is 20.8 Å². The van der Waals surface area contributed by atoms with Gasteiger partial charge in [0.2, 0.25) is 0 Å². The molecule has 3 aromatic carbocycles. The van der Waals surface area contributed by atoms with Crippen molar-refractivity contribution in [3.63, 3.8) is 0 Å². The van der Waals surface area contributed by atoms with Gasteiger partial charge in [0.25, 0.3) is 0 Å². The highest BCUT2D eigenvalue weighted by Crippen LogP contribution is 2.30. The van der Waals surface area contributed by atoms with Crippen LogP contribution in [0.1, 0.15) is 37.4 Å². The Kier molecular flexibility index (Phi) is 5.45. The van der Waals surface area contributed by atoms with Crippen molar-refractivity contribution in [3.8, 4) is 17.2 Å². The second-order valence-corrected chi connectivity index (χ2v) is 6.50. The van der Waals surface area contributed by atoms with Gasteiger partial charge in [-0.1, -0.05) is 17.7 Å². The molecule has 0 amide bonds. The summed E-state index contributed by atoms with van der Waals surface area (Å²) in [6, 6.07) is 16.1. The largest absolute Gasteiger partial charge is 0.508 e. The molecule has 1 N–H and O–H groups in total. The molecule has 142 valence electrons. The molecule has 0 atom stereocenters. The van der Waals surface area contributed by atoms with Gasteiger partial charge in [-0.05, 0) is 80.4 Å². The summed E-state index contributed by atoms with van der Waals surface area (Å²) >= 11 is 0. The lowest BCUT2D eigenvalue weighted by Gasteiger charge is -2.13. The number of phenols is 1. The van der Waals surface area contributed by atoms with E-state index in [1.807, 2.05) is 19.1 Å². The highest BCUT2D eigenvalue weighted by atomic mass is 16.5. The zero-order valence-electron chi connectivity index (χ0n) is 15.9. The minimum absolute atomic E-state index is 0.0725. The van der Waals surface area contributed by atoms with E-state index in [0.717, 1.165) is 5.56 Å². The smallest absolute Gasteiger partial charge is 0.343 e. The predicted octanol–water partition coefficient (Wildman–Crippen LogP) is 4.76.